The van der Waals surface area contributed by atoms with Crippen molar-refractivity contribution in [1.29, 1.82) is 0 Å². The van der Waals surface area contributed by atoms with E-state index in [1.165, 1.54) is 12.8 Å². The third-order valence-electron chi connectivity index (χ3n) is 3.46. The maximum Gasteiger partial charge on any atom is 0.125 e. The number of hydrogen-bond donors (Lipinski definition) is 2. The predicted octanol–water partition coefficient (Wildman–Crippen LogP) is 2.17. The monoisotopic (exact) mass is 235 g/mol. The average molecular weight is 235 g/mol. The van der Waals surface area contributed by atoms with Crippen LogP contribution in [0.4, 0.5) is 0 Å². The zero-order chi connectivity index (χ0) is 12.3. The first-order valence-corrected chi connectivity index (χ1v) is 6.32. The molecule has 1 unspecified atom stereocenters. The summed E-state index contributed by atoms with van der Waals surface area (Å²) >= 11 is 0. The lowest BCUT2D eigenvalue weighted by atomic mass is 9.95. The molecule has 0 spiro atoms. The summed E-state index contributed by atoms with van der Waals surface area (Å²) in [6, 6.07) is 7.64. The van der Waals surface area contributed by atoms with Gasteiger partial charge in [-0.3, -0.25) is 0 Å². The molecule has 1 atom stereocenters. The van der Waals surface area contributed by atoms with E-state index in [4.69, 9.17) is 10.5 Å². The molecule has 1 saturated carbocycles. The highest BCUT2D eigenvalue weighted by Gasteiger charge is 2.26. The normalized spacial score (nSPS) is 20.2. The van der Waals surface area contributed by atoms with Crippen LogP contribution in [0.15, 0.2) is 24.3 Å². The number of benzene rings is 1. The van der Waals surface area contributed by atoms with Crippen LogP contribution in [0.2, 0.25) is 0 Å². The molecule has 1 aromatic carbocycles. The lowest BCUT2D eigenvalue weighted by Gasteiger charge is -2.25. The number of nitrogens with two attached hydrogens (primary N) is 1. The average Bonchev–Trinajstić information content (AvgIpc) is 2.82. The summed E-state index contributed by atoms with van der Waals surface area (Å²) < 4.78 is 5.98. The molecule has 0 radical (unpaired) electrons. The number of aliphatic hydroxyl groups is 1. The zero-order valence-corrected chi connectivity index (χ0v) is 10.4. The lowest BCUT2D eigenvalue weighted by molar-refractivity contribution is 0.0611. The third kappa shape index (κ3) is 2.79. The molecule has 0 heterocycles. The van der Waals surface area contributed by atoms with E-state index in [-0.39, 0.29) is 6.54 Å². The molecule has 1 fully saturated rings. The van der Waals surface area contributed by atoms with Crippen molar-refractivity contribution in [2.24, 2.45) is 5.73 Å². The molecule has 1 aliphatic carbocycles. The maximum atomic E-state index is 10.2. The molecule has 2 rings (SSSR count). The molecule has 0 aliphatic heterocycles. The predicted molar refractivity (Wildman–Crippen MR) is 68.0 cm³/mol. The second kappa shape index (κ2) is 5.07. The molecule has 0 bridgehead atoms. The summed E-state index contributed by atoms with van der Waals surface area (Å²) in [5, 5.41) is 10.2. The van der Waals surface area contributed by atoms with Crippen molar-refractivity contribution in [1.82, 2.24) is 0 Å². The van der Waals surface area contributed by atoms with Crippen molar-refractivity contribution in [3.05, 3.63) is 29.8 Å². The summed E-state index contributed by atoms with van der Waals surface area (Å²) in [5.41, 5.74) is 5.38. The zero-order valence-electron chi connectivity index (χ0n) is 10.4. The van der Waals surface area contributed by atoms with Gasteiger partial charge in [0, 0.05) is 12.1 Å². The summed E-state index contributed by atoms with van der Waals surface area (Å²) in [6.45, 7) is 1.92. The minimum Gasteiger partial charge on any atom is -0.490 e. The van der Waals surface area contributed by atoms with Crippen LogP contribution in [0.3, 0.4) is 0 Å². The second-order valence-corrected chi connectivity index (χ2v) is 5.00. The SMILES string of the molecule is CC(O)(CN)c1ccccc1OC1CCCC1. The molecule has 3 N–H and O–H groups in total. The maximum absolute atomic E-state index is 10.2. The Labute approximate surface area is 103 Å². The summed E-state index contributed by atoms with van der Waals surface area (Å²) in [7, 11) is 0. The van der Waals surface area contributed by atoms with Crippen molar-refractivity contribution < 1.29 is 9.84 Å². The van der Waals surface area contributed by atoms with E-state index in [9.17, 15) is 5.11 Å². The van der Waals surface area contributed by atoms with Gasteiger partial charge in [0.2, 0.25) is 0 Å². The van der Waals surface area contributed by atoms with Crippen molar-refractivity contribution in [3.63, 3.8) is 0 Å². The third-order valence-corrected chi connectivity index (χ3v) is 3.46. The van der Waals surface area contributed by atoms with Gasteiger partial charge in [0.25, 0.3) is 0 Å². The van der Waals surface area contributed by atoms with Crippen LogP contribution in [0.25, 0.3) is 0 Å². The minimum atomic E-state index is -1.02. The van der Waals surface area contributed by atoms with Gasteiger partial charge in [-0.15, -0.1) is 0 Å². The van der Waals surface area contributed by atoms with Crippen molar-refractivity contribution >= 4 is 0 Å². The minimum absolute atomic E-state index is 0.192. The summed E-state index contributed by atoms with van der Waals surface area (Å²) in [4.78, 5) is 0. The van der Waals surface area contributed by atoms with Crippen LogP contribution in [-0.2, 0) is 5.60 Å². The smallest absolute Gasteiger partial charge is 0.125 e. The first kappa shape index (κ1) is 12.4. The van der Waals surface area contributed by atoms with Gasteiger partial charge in [-0.25, -0.2) is 0 Å². The molecular formula is C14H21NO2. The van der Waals surface area contributed by atoms with E-state index in [0.717, 1.165) is 24.2 Å². The first-order chi connectivity index (χ1) is 8.13. The number of rotatable bonds is 4. The first-order valence-electron chi connectivity index (χ1n) is 6.32. The van der Waals surface area contributed by atoms with Gasteiger partial charge in [-0.1, -0.05) is 18.2 Å². The molecule has 1 aliphatic rings. The van der Waals surface area contributed by atoms with E-state index in [0.29, 0.717) is 6.10 Å². The molecule has 3 heteroatoms. The quantitative estimate of drug-likeness (QED) is 0.841. The van der Waals surface area contributed by atoms with E-state index in [1.54, 1.807) is 6.92 Å². The van der Waals surface area contributed by atoms with Crippen LogP contribution >= 0.6 is 0 Å². The number of para-hydroxylation sites is 1. The van der Waals surface area contributed by atoms with Crippen LogP contribution in [0.1, 0.15) is 38.2 Å². The highest BCUT2D eigenvalue weighted by molar-refractivity contribution is 5.38. The molecule has 0 aromatic heterocycles. The Morgan fingerprint density at radius 3 is 2.65 bits per heavy atom. The molecule has 94 valence electrons. The molecule has 0 saturated heterocycles. The van der Waals surface area contributed by atoms with Gasteiger partial charge >= 0.3 is 0 Å². The Morgan fingerprint density at radius 1 is 1.35 bits per heavy atom. The number of hydrogen-bond acceptors (Lipinski definition) is 3. The van der Waals surface area contributed by atoms with Gasteiger partial charge in [-0.05, 0) is 38.7 Å². The number of ether oxygens (including phenoxy) is 1. The van der Waals surface area contributed by atoms with Crippen molar-refractivity contribution in [2.45, 2.75) is 44.3 Å². The molecule has 1 aromatic rings. The van der Waals surface area contributed by atoms with E-state index >= 15 is 0 Å². The Balaban J connectivity index is 2.21. The van der Waals surface area contributed by atoms with Gasteiger partial charge in [0.05, 0.1) is 6.10 Å². The Kier molecular flexibility index (Phi) is 3.69. The van der Waals surface area contributed by atoms with Crippen molar-refractivity contribution in [2.75, 3.05) is 6.54 Å². The lowest BCUT2D eigenvalue weighted by Crippen LogP contribution is -2.32. The van der Waals surface area contributed by atoms with E-state index in [1.807, 2.05) is 24.3 Å². The van der Waals surface area contributed by atoms with Gasteiger partial charge in [0.15, 0.2) is 0 Å². The summed E-state index contributed by atoms with van der Waals surface area (Å²) in [5.74, 6) is 0.773. The van der Waals surface area contributed by atoms with Crippen molar-refractivity contribution in [3.8, 4) is 5.75 Å². The highest BCUT2D eigenvalue weighted by atomic mass is 16.5. The Hall–Kier alpha value is -1.06. The van der Waals surface area contributed by atoms with Gasteiger partial charge in [-0.2, -0.15) is 0 Å². The molecule has 3 nitrogen and oxygen atoms in total. The Bertz CT molecular complexity index is 370. The molecule has 17 heavy (non-hydrogen) atoms. The Morgan fingerprint density at radius 2 is 2.00 bits per heavy atom. The summed E-state index contributed by atoms with van der Waals surface area (Å²) in [6.07, 6.45) is 4.99. The fraction of sp³-hybridized carbons (Fsp3) is 0.571. The van der Waals surface area contributed by atoms with E-state index in [2.05, 4.69) is 0 Å². The second-order valence-electron chi connectivity index (χ2n) is 5.00. The van der Waals surface area contributed by atoms with Crippen LogP contribution in [0, 0.1) is 0 Å². The molecular weight excluding hydrogens is 214 g/mol. The van der Waals surface area contributed by atoms with Gasteiger partial charge < -0.3 is 15.6 Å². The van der Waals surface area contributed by atoms with E-state index < -0.39 is 5.60 Å². The van der Waals surface area contributed by atoms with Crippen LogP contribution in [-0.4, -0.2) is 17.8 Å². The molecule has 0 amide bonds. The standard InChI is InChI=1S/C14H21NO2/c1-14(16,10-15)12-8-4-5-9-13(12)17-11-6-2-3-7-11/h4-5,8-9,11,16H,2-3,6-7,10,15H2,1H3. The topological polar surface area (TPSA) is 55.5 Å². The van der Waals surface area contributed by atoms with Crippen LogP contribution in [0.5, 0.6) is 5.75 Å². The largest absolute Gasteiger partial charge is 0.490 e. The van der Waals surface area contributed by atoms with Gasteiger partial charge in [0.1, 0.15) is 11.4 Å². The van der Waals surface area contributed by atoms with Crippen LogP contribution < -0.4 is 10.5 Å². The fourth-order valence-corrected chi connectivity index (χ4v) is 2.31. The highest BCUT2D eigenvalue weighted by Crippen LogP contribution is 2.32. The fourth-order valence-electron chi connectivity index (χ4n) is 2.31.